The molecule has 1 aliphatic carbocycles. The van der Waals surface area contributed by atoms with Crippen molar-refractivity contribution in [3.05, 3.63) is 23.3 Å². The third-order valence-corrected chi connectivity index (χ3v) is 7.72. The molecule has 0 aromatic heterocycles. The van der Waals surface area contributed by atoms with Crippen molar-refractivity contribution in [1.29, 1.82) is 0 Å². The lowest BCUT2D eigenvalue weighted by Crippen LogP contribution is -2.55. The van der Waals surface area contributed by atoms with Crippen molar-refractivity contribution in [2.45, 2.75) is 156 Å². The van der Waals surface area contributed by atoms with Gasteiger partial charge in [-0.1, -0.05) is 107 Å². The average molecular weight is 475 g/mol. The molecule has 0 heterocycles. The maximum atomic E-state index is 12.7. The standard InChI is InChI=1S/C31H58N2O/c1-6-7-8-9-10-11-12-13-14-15-16-17-18-26-32-30(34)33-31(5,25-19-20-27(2)3)29-23-21-28(4)22-24-29/h20-21,29H,6-19,22-26H2,1-5H3,(H2,32,33,34)/t29-,31-/m0/s1. The summed E-state index contributed by atoms with van der Waals surface area (Å²) in [4.78, 5) is 12.7. The van der Waals surface area contributed by atoms with Crippen LogP contribution in [0.4, 0.5) is 4.79 Å². The van der Waals surface area contributed by atoms with Crippen LogP contribution in [-0.4, -0.2) is 18.1 Å². The molecule has 2 atom stereocenters. The molecule has 0 fully saturated rings. The fourth-order valence-electron chi connectivity index (χ4n) is 5.22. The van der Waals surface area contributed by atoms with Gasteiger partial charge in [0.1, 0.15) is 0 Å². The summed E-state index contributed by atoms with van der Waals surface area (Å²) in [5, 5.41) is 6.53. The molecule has 0 saturated carbocycles. The molecule has 0 aromatic carbocycles. The Labute approximate surface area is 213 Å². The highest BCUT2D eigenvalue weighted by Crippen LogP contribution is 2.35. The van der Waals surface area contributed by atoms with Gasteiger partial charge in [0.2, 0.25) is 0 Å². The molecule has 0 bridgehead atoms. The summed E-state index contributed by atoms with van der Waals surface area (Å²) in [6.45, 7) is 11.9. The Balaban J connectivity index is 2.18. The van der Waals surface area contributed by atoms with E-state index in [1.165, 1.54) is 94.6 Å². The number of amides is 2. The number of carbonyl (C=O) groups excluding carboxylic acids is 1. The van der Waals surface area contributed by atoms with Crippen LogP contribution in [0.5, 0.6) is 0 Å². The van der Waals surface area contributed by atoms with Crippen molar-refractivity contribution >= 4 is 6.03 Å². The maximum absolute atomic E-state index is 12.7. The fourth-order valence-corrected chi connectivity index (χ4v) is 5.22. The first-order chi connectivity index (χ1) is 16.4. The first kappa shape index (κ1) is 30.8. The molecular formula is C31H58N2O. The van der Waals surface area contributed by atoms with Crippen molar-refractivity contribution in [1.82, 2.24) is 10.6 Å². The largest absolute Gasteiger partial charge is 0.338 e. The Hall–Kier alpha value is -1.25. The minimum atomic E-state index is -0.150. The zero-order valence-electron chi connectivity index (χ0n) is 23.6. The van der Waals surface area contributed by atoms with Gasteiger partial charge in [-0.25, -0.2) is 4.79 Å². The van der Waals surface area contributed by atoms with Gasteiger partial charge in [0, 0.05) is 12.1 Å². The molecule has 2 N–H and O–H groups in total. The number of nitrogens with one attached hydrogen (secondary N) is 2. The summed E-state index contributed by atoms with van der Waals surface area (Å²) >= 11 is 0. The summed E-state index contributed by atoms with van der Waals surface area (Å²) in [7, 11) is 0. The molecule has 0 aromatic rings. The lowest BCUT2D eigenvalue weighted by Gasteiger charge is -2.40. The second-order valence-corrected chi connectivity index (χ2v) is 11.4. The molecule has 0 unspecified atom stereocenters. The maximum Gasteiger partial charge on any atom is 0.315 e. The lowest BCUT2D eigenvalue weighted by molar-refractivity contribution is 0.186. The molecule has 34 heavy (non-hydrogen) atoms. The van der Waals surface area contributed by atoms with Crippen LogP contribution in [0, 0.1) is 5.92 Å². The Morgan fingerprint density at radius 2 is 1.53 bits per heavy atom. The van der Waals surface area contributed by atoms with E-state index in [0.29, 0.717) is 5.92 Å². The van der Waals surface area contributed by atoms with E-state index in [9.17, 15) is 4.79 Å². The van der Waals surface area contributed by atoms with E-state index in [0.717, 1.165) is 38.6 Å². The number of urea groups is 1. The molecule has 0 spiro atoms. The third-order valence-electron chi connectivity index (χ3n) is 7.72. The van der Waals surface area contributed by atoms with E-state index in [1.54, 1.807) is 0 Å². The van der Waals surface area contributed by atoms with Crippen LogP contribution >= 0.6 is 0 Å². The van der Waals surface area contributed by atoms with Crippen LogP contribution in [-0.2, 0) is 0 Å². The van der Waals surface area contributed by atoms with Crippen LogP contribution in [0.1, 0.15) is 150 Å². The van der Waals surface area contributed by atoms with Crippen LogP contribution in [0.3, 0.4) is 0 Å². The van der Waals surface area contributed by atoms with Crippen molar-refractivity contribution in [2.75, 3.05) is 6.54 Å². The highest BCUT2D eigenvalue weighted by Gasteiger charge is 2.35. The first-order valence-corrected chi connectivity index (χ1v) is 14.7. The Kier molecular flexibility index (Phi) is 17.2. The number of unbranched alkanes of at least 4 members (excludes halogenated alkanes) is 12. The third kappa shape index (κ3) is 14.9. The molecule has 3 nitrogen and oxygen atoms in total. The summed E-state index contributed by atoms with van der Waals surface area (Å²) < 4.78 is 0. The molecule has 0 radical (unpaired) electrons. The van der Waals surface area contributed by atoms with Crippen molar-refractivity contribution in [3.63, 3.8) is 0 Å². The van der Waals surface area contributed by atoms with Crippen molar-refractivity contribution in [3.8, 4) is 0 Å². The number of allylic oxidation sites excluding steroid dienone is 4. The number of hydrogen-bond acceptors (Lipinski definition) is 1. The van der Waals surface area contributed by atoms with Gasteiger partial charge in [-0.15, -0.1) is 0 Å². The van der Waals surface area contributed by atoms with E-state index < -0.39 is 0 Å². The van der Waals surface area contributed by atoms with E-state index in [-0.39, 0.29) is 11.6 Å². The van der Waals surface area contributed by atoms with E-state index in [2.05, 4.69) is 57.4 Å². The highest BCUT2D eigenvalue weighted by atomic mass is 16.2. The van der Waals surface area contributed by atoms with Gasteiger partial charge < -0.3 is 10.6 Å². The molecule has 0 aliphatic heterocycles. The Bertz CT molecular complexity index is 590. The van der Waals surface area contributed by atoms with Crippen LogP contribution in [0.25, 0.3) is 0 Å². The molecule has 1 rings (SSSR count). The molecule has 3 heteroatoms. The van der Waals surface area contributed by atoms with Gasteiger partial charge in [-0.05, 0) is 72.1 Å². The van der Waals surface area contributed by atoms with Crippen molar-refractivity contribution < 1.29 is 4.79 Å². The first-order valence-electron chi connectivity index (χ1n) is 14.7. The predicted octanol–water partition coefficient (Wildman–Crippen LogP) is 9.63. The number of rotatable bonds is 19. The molecule has 0 saturated heterocycles. The van der Waals surface area contributed by atoms with Crippen LogP contribution in [0.2, 0.25) is 0 Å². The molecule has 198 valence electrons. The predicted molar refractivity (Wildman–Crippen MR) is 150 cm³/mol. The second-order valence-electron chi connectivity index (χ2n) is 11.4. The van der Waals surface area contributed by atoms with Crippen molar-refractivity contribution in [2.24, 2.45) is 5.92 Å². The van der Waals surface area contributed by atoms with Gasteiger partial charge >= 0.3 is 6.03 Å². The van der Waals surface area contributed by atoms with E-state index >= 15 is 0 Å². The van der Waals surface area contributed by atoms with Crippen LogP contribution < -0.4 is 10.6 Å². The zero-order valence-corrected chi connectivity index (χ0v) is 23.6. The normalized spacial score (nSPS) is 17.6. The Morgan fingerprint density at radius 3 is 2.03 bits per heavy atom. The van der Waals surface area contributed by atoms with E-state index in [4.69, 9.17) is 0 Å². The quantitative estimate of drug-likeness (QED) is 0.142. The molecule has 2 amide bonds. The second kappa shape index (κ2) is 19.0. The Morgan fingerprint density at radius 1 is 0.971 bits per heavy atom. The van der Waals surface area contributed by atoms with Gasteiger partial charge in [0.25, 0.3) is 0 Å². The summed E-state index contributed by atoms with van der Waals surface area (Å²) in [6.07, 6.45) is 27.7. The molecule has 1 aliphatic rings. The minimum absolute atomic E-state index is 0.0184. The SMILES string of the molecule is CCCCCCCCCCCCCCCNC(=O)N[C@@](C)(CCC=C(C)C)[C@H]1CC=C(C)CC1. The fraction of sp³-hybridized carbons (Fsp3) is 0.839. The summed E-state index contributed by atoms with van der Waals surface area (Å²) in [5.74, 6) is 0.517. The number of hydrogen-bond donors (Lipinski definition) is 2. The highest BCUT2D eigenvalue weighted by molar-refractivity contribution is 5.74. The molecular weight excluding hydrogens is 416 g/mol. The van der Waals surface area contributed by atoms with Gasteiger partial charge in [0.15, 0.2) is 0 Å². The van der Waals surface area contributed by atoms with Gasteiger partial charge in [0.05, 0.1) is 0 Å². The smallest absolute Gasteiger partial charge is 0.315 e. The summed E-state index contributed by atoms with van der Waals surface area (Å²) in [5.41, 5.74) is 2.70. The average Bonchev–Trinajstić information content (AvgIpc) is 2.79. The minimum Gasteiger partial charge on any atom is -0.338 e. The topological polar surface area (TPSA) is 41.1 Å². The van der Waals surface area contributed by atoms with Gasteiger partial charge in [-0.3, -0.25) is 0 Å². The van der Waals surface area contributed by atoms with E-state index in [1.807, 2.05) is 0 Å². The zero-order chi connectivity index (χ0) is 25.1. The monoisotopic (exact) mass is 474 g/mol. The van der Waals surface area contributed by atoms with Gasteiger partial charge in [-0.2, -0.15) is 0 Å². The summed E-state index contributed by atoms with van der Waals surface area (Å²) in [6, 6.07) is 0.0184. The van der Waals surface area contributed by atoms with Crippen LogP contribution in [0.15, 0.2) is 23.3 Å². The lowest BCUT2D eigenvalue weighted by atomic mass is 9.74. The number of carbonyl (C=O) groups is 1.